The molecule has 0 bridgehead atoms. The maximum atomic E-state index is 9.07. The lowest BCUT2D eigenvalue weighted by Crippen LogP contribution is -2.34. The van der Waals surface area contributed by atoms with Crippen LogP contribution < -0.4 is 10.0 Å². The lowest BCUT2D eigenvalue weighted by molar-refractivity contribution is -0.687. The molecular formula is C16H15BNO2+. The third kappa shape index (κ3) is 2.71. The minimum atomic E-state index is -1.41. The third-order valence-electron chi connectivity index (χ3n) is 3.39. The van der Waals surface area contributed by atoms with Crippen molar-refractivity contribution in [3.63, 3.8) is 0 Å². The van der Waals surface area contributed by atoms with Crippen molar-refractivity contribution in [2.24, 2.45) is 0 Å². The van der Waals surface area contributed by atoms with Crippen LogP contribution >= 0.6 is 0 Å². The Kier molecular flexibility index (Phi) is 3.50. The van der Waals surface area contributed by atoms with Crippen LogP contribution in [-0.4, -0.2) is 17.2 Å². The van der Waals surface area contributed by atoms with Crippen molar-refractivity contribution >= 4 is 23.4 Å². The van der Waals surface area contributed by atoms with Crippen LogP contribution in [0.3, 0.4) is 0 Å². The molecule has 0 radical (unpaired) electrons. The van der Waals surface area contributed by atoms with Crippen molar-refractivity contribution in [3.05, 3.63) is 72.6 Å². The number of fused-ring (bicyclic) bond motifs is 1. The molecule has 0 amide bonds. The monoisotopic (exact) mass is 264 g/mol. The molecule has 0 aliphatic carbocycles. The number of pyridine rings is 1. The number of hydrogen-bond donors (Lipinski definition) is 2. The number of benzene rings is 2. The molecule has 1 heterocycles. The van der Waals surface area contributed by atoms with Gasteiger partial charge in [0.15, 0.2) is 18.9 Å². The Bertz CT molecular complexity index is 726. The average molecular weight is 264 g/mol. The highest BCUT2D eigenvalue weighted by Crippen LogP contribution is 2.10. The SMILES string of the molecule is OB(O)c1ccc(C[n+]2ccc3ccccc3c2)cc1. The van der Waals surface area contributed by atoms with Crippen molar-refractivity contribution in [3.8, 4) is 0 Å². The Morgan fingerprint density at radius 3 is 2.25 bits per heavy atom. The Balaban J connectivity index is 1.85. The summed E-state index contributed by atoms with van der Waals surface area (Å²) in [5, 5.41) is 20.6. The standard InChI is InChI=1S/C16H15BNO2/c19-17(20)16-7-5-13(6-8-16)11-18-10-9-14-3-1-2-4-15(14)12-18/h1-10,12,19-20H,11H2/q+1. The summed E-state index contributed by atoms with van der Waals surface area (Å²) in [4.78, 5) is 0. The van der Waals surface area contributed by atoms with Gasteiger partial charge in [0.1, 0.15) is 0 Å². The van der Waals surface area contributed by atoms with Crippen molar-refractivity contribution in [1.29, 1.82) is 0 Å². The minimum Gasteiger partial charge on any atom is -0.423 e. The second-order valence-corrected chi connectivity index (χ2v) is 4.86. The molecule has 0 fully saturated rings. The van der Waals surface area contributed by atoms with Gasteiger partial charge in [-0.25, -0.2) is 4.57 Å². The third-order valence-corrected chi connectivity index (χ3v) is 3.39. The lowest BCUT2D eigenvalue weighted by Gasteiger charge is -2.02. The van der Waals surface area contributed by atoms with Gasteiger partial charge in [-0.3, -0.25) is 0 Å². The van der Waals surface area contributed by atoms with Crippen LogP contribution in [0.1, 0.15) is 5.56 Å². The van der Waals surface area contributed by atoms with E-state index in [0.29, 0.717) is 5.46 Å². The molecule has 0 saturated heterocycles. The van der Waals surface area contributed by atoms with Gasteiger partial charge in [-0.1, -0.05) is 42.5 Å². The van der Waals surface area contributed by atoms with E-state index in [9.17, 15) is 0 Å². The fourth-order valence-electron chi connectivity index (χ4n) is 2.28. The van der Waals surface area contributed by atoms with E-state index in [1.54, 1.807) is 12.1 Å². The fourth-order valence-corrected chi connectivity index (χ4v) is 2.28. The molecule has 0 spiro atoms. The summed E-state index contributed by atoms with van der Waals surface area (Å²) in [6.45, 7) is 0.757. The Morgan fingerprint density at radius 1 is 0.850 bits per heavy atom. The van der Waals surface area contributed by atoms with Gasteiger partial charge in [-0.05, 0) is 16.9 Å². The molecule has 2 aromatic carbocycles. The summed E-state index contributed by atoms with van der Waals surface area (Å²) in [5.41, 5.74) is 1.63. The van der Waals surface area contributed by atoms with Crippen LogP contribution in [0, 0.1) is 0 Å². The second kappa shape index (κ2) is 5.45. The number of aromatic nitrogens is 1. The van der Waals surface area contributed by atoms with E-state index in [0.717, 1.165) is 12.1 Å². The van der Waals surface area contributed by atoms with E-state index in [1.807, 2.05) is 24.3 Å². The smallest absolute Gasteiger partial charge is 0.423 e. The van der Waals surface area contributed by atoms with Gasteiger partial charge < -0.3 is 10.0 Å². The van der Waals surface area contributed by atoms with Crippen LogP contribution in [-0.2, 0) is 6.54 Å². The summed E-state index contributed by atoms with van der Waals surface area (Å²) in [6.07, 6.45) is 4.17. The number of hydrogen-bond acceptors (Lipinski definition) is 2. The zero-order chi connectivity index (χ0) is 13.9. The van der Waals surface area contributed by atoms with Gasteiger partial charge in [-0.2, -0.15) is 0 Å². The van der Waals surface area contributed by atoms with E-state index < -0.39 is 7.12 Å². The maximum Gasteiger partial charge on any atom is 0.488 e. The molecule has 98 valence electrons. The highest BCUT2D eigenvalue weighted by Gasteiger charge is 2.11. The highest BCUT2D eigenvalue weighted by atomic mass is 16.4. The van der Waals surface area contributed by atoms with Gasteiger partial charge in [-0.15, -0.1) is 0 Å². The quantitative estimate of drug-likeness (QED) is 0.544. The number of rotatable bonds is 3. The first-order valence-electron chi connectivity index (χ1n) is 6.55. The summed E-state index contributed by atoms with van der Waals surface area (Å²) >= 11 is 0. The van der Waals surface area contributed by atoms with Crippen LogP contribution in [0.5, 0.6) is 0 Å². The van der Waals surface area contributed by atoms with E-state index in [2.05, 4.69) is 35.2 Å². The van der Waals surface area contributed by atoms with Crippen molar-refractivity contribution in [1.82, 2.24) is 0 Å². The first-order chi connectivity index (χ1) is 9.72. The first-order valence-corrected chi connectivity index (χ1v) is 6.55. The Hall–Kier alpha value is -2.17. The van der Waals surface area contributed by atoms with Gasteiger partial charge in [0.25, 0.3) is 0 Å². The van der Waals surface area contributed by atoms with Crippen LogP contribution in [0.2, 0.25) is 0 Å². The molecule has 1 aromatic heterocycles. The average Bonchev–Trinajstić information content (AvgIpc) is 2.48. The predicted molar refractivity (Wildman–Crippen MR) is 79.5 cm³/mol. The molecule has 2 N–H and O–H groups in total. The lowest BCUT2D eigenvalue weighted by atomic mass is 9.80. The van der Waals surface area contributed by atoms with Crippen molar-refractivity contribution in [2.75, 3.05) is 0 Å². The summed E-state index contributed by atoms with van der Waals surface area (Å²) in [6, 6.07) is 17.7. The van der Waals surface area contributed by atoms with Gasteiger partial charge in [0.05, 0.1) is 0 Å². The van der Waals surface area contributed by atoms with Crippen molar-refractivity contribution < 1.29 is 14.6 Å². The van der Waals surface area contributed by atoms with E-state index in [-0.39, 0.29) is 0 Å². The van der Waals surface area contributed by atoms with Crippen LogP contribution in [0.4, 0.5) is 0 Å². The molecular weight excluding hydrogens is 249 g/mol. The molecule has 20 heavy (non-hydrogen) atoms. The predicted octanol–water partition coefficient (Wildman–Crippen LogP) is 0.855. The zero-order valence-corrected chi connectivity index (χ0v) is 11.0. The number of nitrogens with zero attached hydrogens (tertiary/aromatic N) is 1. The molecule has 4 heteroatoms. The summed E-state index contributed by atoms with van der Waals surface area (Å²) in [5.74, 6) is 0. The molecule has 0 unspecified atom stereocenters. The van der Waals surface area contributed by atoms with Gasteiger partial charge in [0.2, 0.25) is 0 Å². The topological polar surface area (TPSA) is 44.3 Å². The highest BCUT2D eigenvalue weighted by molar-refractivity contribution is 6.58. The summed E-state index contributed by atoms with van der Waals surface area (Å²) < 4.78 is 2.12. The van der Waals surface area contributed by atoms with E-state index in [4.69, 9.17) is 10.0 Å². The van der Waals surface area contributed by atoms with Crippen LogP contribution in [0.25, 0.3) is 10.8 Å². The van der Waals surface area contributed by atoms with Gasteiger partial charge >= 0.3 is 7.12 Å². The molecule has 0 atom stereocenters. The Labute approximate surface area is 117 Å². The molecule has 3 rings (SSSR count). The minimum absolute atomic E-state index is 0.511. The van der Waals surface area contributed by atoms with Gasteiger partial charge in [0, 0.05) is 17.0 Å². The normalized spacial score (nSPS) is 10.7. The fraction of sp³-hybridized carbons (Fsp3) is 0.0625. The molecule has 0 aliphatic heterocycles. The van der Waals surface area contributed by atoms with E-state index >= 15 is 0 Å². The van der Waals surface area contributed by atoms with E-state index in [1.165, 1.54) is 10.8 Å². The summed E-state index contributed by atoms with van der Waals surface area (Å²) in [7, 11) is -1.41. The largest absolute Gasteiger partial charge is 0.488 e. The second-order valence-electron chi connectivity index (χ2n) is 4.86. The Morgan fingerprint density at radius 2 is 1.55 bits per heavy atom. The van der Waals surface area contributed by atoms with Crippen LogP contribution in [0.15, 0.2) is 67.0 Å². The van der Waals surface area contributed by atoms with Crippen molar-refractivity contribution in [2.45, 2.75) is 6.54 Å². The molecule has 0 aliphatic rings. The molecule has 3 aromatic rings. The maximum absolute atomic E-state index is 9.07. The molecule has 0 saturated carbocycles. The zero-order valence-electron chi connectivity index (χ0n) is 11.0. The first kappa shape index (κ1) is 12.8. The molecule has 3 nitrogen and oxygen atoms in total.